The third kappa shape index (κ3) is 5.20. The summed E-state index contributed by atoms with van der Waals surface area (Å²) in [6.07, 6.45) is 14.6. The second kappa shape index (κ2) is 9.92. The highest BCUT2D eigenvalue weighted by atomic mass is 32.2. The van der Waals surface area contributed by atoms with Gasteiger partial charge < -0.3 is 0 Å². The van der Waals surface area contributed by atoms with Crippen LogP contribution in [0.2, 0.25) is 0 Å². The maximum Gasteiger partial charge on any atom is 0.0121 e. The van der Waals surface area contributed by atoms with Crippen molar-refractivity contribution < 1.29 is 0 Å². The Morgan fingerprint density at radius 3 is 2.32 bits per heavy atom. The molecular formula is C23H34S2. The number of unbranched alkanes of at least 4 members (excludes halogenated alkanes) is 2. The molecule has 1 aliphatic rings. The van der Waals surface area contributed by atoms with Crippen LogP contribution < -0.4 is 0 Å². The van der Waals surface area contributed by atoms with Crippen LogP contribution in [-0.2, 0) is 6.42 Å². The van der Waals surface area contributed by atoms with Gasteiger partial charge in [-0.1, -0.05) is 43.6 Å². The molecule has 25 heavy (non-hydrogen) atoms. The van der Waals surface area contributed by atoms with Gasteiger partial charge in [-0.25, -0.2) is 0 Å². The Labute approximate surface area is 163 Å². The van der Waals surface area contributed by atoms with Crippen molar-refractivity contribution in [2.45, 2.75) is 75.0 Å². The molecule has 138 valence electrons. The van der Waals surface area contributed by atoms with E-state index >= 15 is 0 Å². The molecule has 0 amide bonds. The smallest absolute Gasteiger partial charge is 0.0121 e. The van der Waals surface area contributed by atoms with E-state index in [4.69, 9.17) is 0 Å². The van der Waals surface area contributed by atoms with E-state index < -0.39 is 0 Å². The van der Waals surface area contributed by atoms with Crippen molar-refractivity contribution in [2.75, 3.05) is 12.5 Å². The summed E-state index contributed by atoms with van der Waals surface area (Å²) in [4.78, 5) is 2.95. The second-order valence-electron chi connectivity index (χ2n) is 7.40. The SMILES string of the molecule is C=C(C)[C@@H]1CCC(C)=C[C@H]1c1c(SC)cc(CCCCC)cc1SC. The third-order valence-corrected chi connectivity index (χ3v) is 6.94. The van der Waals surface area contributed by atoms with Gasteiger partial charge in [-0.05, 0) is 81.2 Å². The van der Waals surface area contributed by atoms with Gasteiger partial charge in [-0.15, -0.1) is 23.5 Å². The fourth-order valence-electron chi connectivity index (χ4n) is 3.95. The summed E-state index contributed by atoms with van der Waals surface area (Å²) in [6, 6.07) is 4.92. The molecule has 0 radical (unpaired) electrons. The van der Waals surface area contributed by atoms with Gasteiger partial charge in [0.05, 0.1) is 0 Å². The Hall–Kier alpha value is -0.600. The largest absolute Gasteiger partial charge is 0.129 e. The van der Waals surface area contributed by atoms with Gasteiger partial charge in [-0.2, -0.15) is 0 Å². The Balaban J connectivity index is 2.47. The molecule has 2 atom stereocenters. The lowest BCUT2D eigenvalue weighted by Crippen LogP contribution is -2.18. The number of hydrogen-bond acceptors (Lipinski definition) is 2. The molecule has 0 bridgehead atoms. The van der Waals surface area contributed by atoms with Crippen LogP contribution in [0, 0.1) is 5.92 Å². The first kappa shape index (κ1) is 20.7. The Morgan fingerprint density at radius 2 is 1.80 bits per heavy atom. The summed E-state index contributed by atoms with van der Waals surface area (Å²) >= 11 is 3.83. The number of aryl methyl sites for hydroxylation is 1. The lowest BCUT2D eigenvalue weighted by atomic mass is 9.74. The summed E-state index contributed by atoms with van der Waals surface area (Å²) < 4.78 is 0. The molecular weight excluding hydrogens is 340 g/mol. The fraction of sp³-hybridized carbons (Fsp3) is 0.565. The summed E-state index contributed by atoms with van der Waals surface area (Å²) in [7, 11) is 0. The van der Waals surface area contributed by atoms with Crippen LogP contribution in [0.1, 0.15) is 69.9 Å². The number of hydrogen-bond donors (Lipinski definition) is 0. The van der Waals surface area contributed by atoms with Gasteiger partial charge in [0.25, 0.3) is 0 Å². The van der Waals surface area contributed by atoms with Crippen molar-refractivity contribution >= 4 is 23.5 Å². The molecule has 2 heteroatoms. The monoisotopic (exact) mass is 374 g/mol. The van der Waals surface area contributed by atoms with Crippen molar-refractivity contribution in [2.24, 2.45) is 5.92 Å². The lowest BCUT2D eigenvalue weighted by molar-refractivity contribution is 0.474. The van der Waals surface area contributed by atoms with E-state index in [1.807, 2.05) is 23.5 Å². The lowest BCUT2D eigenvalue weighted by Gasteiger charge is -2.33. The molecule has 0 aromatic heterocycles. The minimum absolute atomic E-state index is 0.487. The predicted molar refractivity (Wildman–Crippen MR) is 117 cm³/mol. The van der Waals surface area contributed by atoms with Crippen LogP contribution in [0.25, 0.3) is 0 Å². The zero-order chi connectivity index (χ0) is 18.4. The van der Waals surface area contributed by atoms with Crippen molar-refractivity contribution in [3.8, 4) is 0 Å². The average molecular weight is 375 g/mol. The first-order valence-corrected chi connectivity index (χ1v) is 12.0. The fourth-order valence-corrected chi connectivity index (χ4v) is 5.49. The van der Waals surface area contributed by atoms with Crippen molar-refractivity contribution in [3.63, 3.8) is 0 Å². The molecule has 0 saturated heterocycles. The van der Waals surface area contributed by atoms with Crippen LogP contribution >= 0.6 is 23.5 Å². The minimum Gasteiger partial charge on any atom is -0.129 e. The second-order valence-corrected chi connectivity index (χ2v) is 9.10. The first-order valence-electron chi connectivity index (χ1n) is 9.59. The highest BCUT2D eigenvalue weighted by Gasteiger charge is 2.29. The van der Waals surface area contributed by atoms with E-state index in [0.29, 0.717) is 11.8 Å². The highest BCUT2D eigenvalue weighted by Crippen LogP contribution is 2.46. The predicted octanol–water partition coefficient (Wildman–Crippen LogP) is 7.88. The van der Waals surface area contributed by atoms with E-state index in [1.54, 1.807) is 5.56 Å². The van der Waals surface area contributed by atoms with Crippen molar-refractivity contribution in [3.05, 3.63) is 47.1 Å². The van der Waals surface area contributed by atoms with E-state index in [-0.39, 0.29) is 0 Å². The van der Waals surface area contributed by atoms with Gasteiger partial charge in [0, 0.05) is 15.7 Å². The van der Waals surface area contributed by atoms with Crippen LogP contribution in [-0.4, -0.2) is 12.5 Å². The van der Waals surface area contributed by atoms with Crippen LogP contribution in [0.5, 0.6) is 0 Å². The van der Waals surface area contributed by atoms with E-state index in [2.05, 4.69) is 58.1 Å². The summed E-state index contributed by atoms with van der Waals surface area (Å²) in [5.74, 6) is 1.06. The molecule has 0 heterocycles. The standard InChI is InChI=1S/C23H34S2/c1-7-8-9-10-18-14-21(24-5)23(22(15-18)25-6)20-13-17(4)11-12-19(20)16(2)3/h13-15,19-20H,2,7-12H2,1,3-6H3/t19-,20+/m0/s1. The molecule has 0 saturated carbocycles. The molecule has 1 aliphatic carbocycles. The van der Waals surface area contributed by atoms with Crippen molar-refractivity contribution in [1.82, 2.24) is 0 Å². The summed E-state index contributed by atoms with van der Waals surface area (Å²) in [5.41, 5.74) is 5.93. The van der Waals surface area contributed by atoms with Gasteiger partial charge >= 0.3 is 0 Å². The molecule has 1 aromatic rings. The number of thioether (sulfide) groups is 2. The van der Waals surface area contributed by atoms with Crippen LogP contribution in [0.15, 0.2) is 45.7 Å². The minimum atomic E-state index is 0.487. The zero-order valence-electron chi connectivity index (χ0n) is 16.7. The molecule has 0 aliphatic heterocycles. The molecule has 1 aromatic carbocycles. The molecule has 2 rings (SSSR count). The van der Waals surface area contributed by atoms with Crippen LogP contribution in [0.3, 0.4) is 0 Å². The average Bonchev–Trinajstić information content (AvgIpc) is 2.60. The van der Waals surface area contributed by atoms with Gasteiger partial charge in [0.1, 0.15) is 0 Å². The molecule has 0 unspecified atom stereocenters. The molecule has 0 spiro atoms. The van der Waals surface area contributed by atoms with Crippen molar-refractivity contribution in [1.29, 1.82) is 0 Å². The summed E-state index contributed by atoms with van der Waals surface area (Å²) in [6.45, 7) is 11.1. The number of rotatable bonds is 8. The molecule has 0 N–H and O–H groups in total. The molecule has 0 fully saturated rings. The third-order valence-electron chi connectivity index (χ3n) is 5.39. The zero-order valence-corrected chi connectivity index (χ0v) is 18.3. The number of benzene rings is 1. The molecule has 0 nitrogen and oxygen atoms in total. The quantitative estimate of drug-likeness (QED) is 0.258. The van der Waals surface area contributed by atoms with Gasteiger partial charge in [-0.3, -0.25) is 0 Å². The van der Waals surface area contributed by atoms with Gasteiger partial charge in [0.15, 0.2) is 0 Å². The topological polar surface area (TPSA) is 0 Å². The van der Waals surface area contributed by atoms with E-state index in [1.165, 1.54) is 65.0 Å². The maximum absolute atomic E-state index is 4.32. The Morgan fingerprint density at radius 1 is 1.16 bits per heavy atom. The van der Waals surface area contributed by atoms with Crippen LogP contribution in [0.4, 0.5) is 0 Å². The van der Waals surface area contributed by atoms with E-state index in [0.717, 1.165) is 0 Å². The maximum atomic E-state index is 4.32. The first-order chi connectivity index (χ1) is 12.0. The van der Waals surface area contributed by atoms with Gasteiger partial charge in [0.2, 0.25) is 0 Å². The summed E-state index contributed by atoms with van der Waals surface area (Å²) in [5, 5.41) is 0. The van der Waals surface area contributed by atoms with E-state index in [9.17, 15) is 0 Å². The Kier molecular flexibility index (Phi) is 8.22. The normalized spacial score (nSPS) is 20.4. The highest BCUT2D eigenvalue weighted by molar-refractivity contribution is 7.99. The Bertz CT molecular complexity index is 602. The number of allylic oxidation sites excluding steroid dienone is 3.